The van der Waals surface area contributed by atoms with Gasteiger partial charge in [-0.25, -0.2) is 0 Å². The number of alkyl halides is 6. The zero-order chi connectivity index (χ0) is 49.9. The van der Waals surface area contributed by atoms with Crippen molar-refractivity contribution in [1.82, 2.24) is 0 Å². The molecule has 11 aromatic carbocycles. The molecule has 0 bridgehead atoms. The number of nitrogens with zero attached hydrogens (tertiary/aromatic N) is 2. The smallest absolute Gasteiger partial charge is 0.417 e. The van der Waals surface area contributed by atoms with Crippen LogP contribution in [0.3, 0.4) is 0 Å². The number of hydrogen-bond acceptors (Lipinski definition) is 4. The maximum atomic E-state index is 16.0. The van der Waals surface area contributed by atoms with Gasteiger partial charge in [-0.15, -0.1) is 0 Å². The fourth-order valence-electron chi connectivity index (χ4n) is 11.1. The molecular weight excluding hydrogens is 931 g/mol. The number of benzene rings is 11. The third-order valence-electron chi connectivity index (χ3n) is 14.2. The molecule has 0 N–H and O–H groups in total. The molecule has 4 nitrogen and oxygen atoms in total. The molecule has 0 unspecified atom stereocenters. The Morgan fingerprint density at radius 2 is 0.890 bits per heavy atom. The highest BCUT2D eigenvalue weighted by Gasteiger charge is 2.39. The Labute approximate surface area is 412 Å². The Morgan fingerprint density at radius 1 is 0.425 bits per heavy atom. The van der Waals surface area contributed by atoms with Gasteiger partial charge in [0.1, 0.15) is 11.2 Å². The third-order valence-corrected chi connectivity index (χ3v) is 14.2. The molecule has 2 aromatic heterocycles. The van der Waals surface area contributed by atoms with Crippen molar-refractivity contribution in [2.75, 3.05) is 9.80 Å². The number of anilines is 6. The summed E-state index contributed by atoms with van der Waals surface area (Å²) in [6.07, 6.45) is -4.41. The lowest BCUT2D eigenvalue weighted by Crippen LogP contribution is -2.15. The van der Waals surface area contributed by atoms with Gasteiger partial charge in [0.25, 0.3) is 0 Å². The first-order valence-electron chi connectivity index (χ1n) is 23.6. The van der Waals surface area contributed by atoms with Crippen LogP contribution >= 0.6 is 0 Å². The number of allylic oxidation sites excluding steroid dienone is 2. The van der Waals surface area contributed by atoms with Gasteiger partial charge in [-0.2, -0.15) is 26.3 Å². The monoisotopic (exact) mass is 968 g/mol. The van der Waals surface area contributed by atoms with Gasteiger partial charge in [0.15, 0.2) is 11.2 Å². The molecule has 2 heterocycles. The first-order chi connectivity index (χ1) is 35.4. The molecule has 13 rings (SSSR count). The second-order valence-corrected chi connectivity index (χ2v) is 18.2. The molecule has 0 aliphatic heterocycles. The number of aryl methyl sites for hydroxylation is 1. The molecule has 0 fully saturated rings. The average molecular weight is 969 g/mol. The van der Waals surface area contributed by atoms with Gasteiger partial charge in [-0.3, -0.25) is 0 Å². The van der Waals surface area contributed by atoms with Gasteiger partial charge in [0, 0.05) is 54.5 Å². The van der Waals surface area contributed by atoms with E-state index in [0.29, 0.717) is 55.9 Å². The van der Waals surface area contributed by atoms with Gasteiger partial charge >= 0.3 is 12.4 Å². The number of hydrogen-bond donors (Lipinski definition) is 0. The fraction of sp³-hybridized carbons (Fsp3) is 0.0476. The second kappa shape index (κ2) is 16.3. The van der Waals surface area contributed by atoms with Gasteiger partial charge in [-0.05, 0) is 100 Å². The molecular formula is C63H38F6N2O2. The van der Waals surface area contributed by atoms with Gasteiger partial charge in [0.2, 0.25) is 0 Å². The highest BCUT2D eigenvalue weighted by atomic mass is 19.4. The van der Waals surface area contributed by atoms with Gasteiger partial charge < -0.3 is 18.6 Å². The Balaban J connectivity index is 1.14. The lowest BCUT2D eigenvalue weighted by atomic mass is 9.87. The third kappa shape index (κ3) is 6.77. The van der Waals surface area contributed by atoms with Crippen LogP contribution in [-0.4, -0.2) is 0 Å². The number of rotatable bonds is 8. The molecule has 0 spiro atoms. The lowest BCUT2D eigenvalue weighted by Gasteiger charge is -2.31. The van der Waals surface area contributed by atoms with Crippen LogP contribution in [0.4, 0.5) is 60.5 Å². The number of furan rings is 2. The summed E-state index contributed by atoms with van der Waals surface area (Å²) in [5, 5.41) is 5.29. The summed E-state index contributed by atoms with van der Waals surface area (Å²) in [5.74, 6) is 0. The Kier molecular flexibility index (Phi) is 9.79. The Bertz CT molecular complexity index is 4400. The molecule has 0 atom stereocenters. The zero-order valence-electron chi connectivity index (χ0n) is 38.7. The summed E-state index contributed by atoms with van der Waals surface area (Å²) in [6, 6.07) is 52.6. The van der Waals surface area contributed by atoms with E-state index < -0.39 is 23.5 Å². The van der Waals surface area contributed by atoms with Crippen molar-refractivity contribution in [1.29, 1.82) is 0 Å². The summed E-state index contributed by atoms with van der Waals surface area (Å²) >= 11 is 0. The van der Waals surface area contributed by atoms with Crippen molar-refractivity contribution in [3.8, 4) is 0 Å². The van der Waals surface area contributed by atoms with Crippen LogP contribution in [0.5, 0.6) is 0 Å². The maximum absolute atomic E-state index is 16.0. The van der Waals surface area contributed by atoms with Crippen LogP contribution in [0.2, 0.25) is 0 Å². The molecule has 0 radical (unpaired) electrons. The van der Waals surface area contributed by atoms with Crippen molar-refractivity contribution >= 4 is 127 Å². The molecule has 354 valence electrons. The van der Waals surface area contributed by atoms with Crippen molar-refractivity contribution < 1.29 is 35.2 Å². The van der Waals surface area contributed by atoms with Gasteiger partial charge in [0.05, 0.1) is 33.9 Å². The molecule has 0 saturated carbocycles. The minimum absolute atomic E-state index is 0.0285. The minimum atomic E-state index is -4.94. The van der Waals surface area contributed by atoms with Crippen LogP contribution in [0.1, 0.15) is 22.3 Å². The molecule has 0 aliphatic carbocycles. The standard InChI is InChI=1S/C63H38F6N2O2/c1-3-4-15-37-26-32-54-56(36(37)2)46-22-13-24-50(60(46)72-54)70(39-17-7-5-8-18-39)52-34-48(62(64,65)66)42-29-31-45-53(35-49(63(67,68)69)43-28-30-44(52)58(42)59(43)45)71(40-19-9-6-10-20-40)51-25-14-23-47-57-41-21-12-11-16-38(41)27-33-55(57)73-61(47)51/h3-35H,1H2,2H3/b15-4-. The van der Waals surface area contributed by atoms with Crippen molar-refractivity contribution in [3.05, 3.63) is 223 Å². The fourth-order valence-corrected chi connectivity index (χ4v) is 11.1. The number of fused-ring (bicyclic) bond motifs is 8. The van der Waals surface area contributed by atoms with E-state index in [-0.39, 0.29) is 32.9 Å². The number of para-hydroxylation sites is 4. The van der Waals surface area contributed by atoms with Crippen LogP contribution in [0.15, 0.2) is 210 Å². The maximum Gasteiger partial charge on any atom is 0.417 e. The summed E-state index contributed by atoms with van der Waals surface area (Å²) in [5.41, 5.74) is 3.97. The predicted octanol–water partition coefficient (Wildman–Crippen LogP) is 20.0. The summed E-state index contributed by atoms with van der Waals surface area (Å²) in [7, 11) is 0. The number of halogens is 6. The van der Waals surface area contributed by atoms with E-state index in [2.05, 4.69) is 6.58 Å². The van der Waals surface area contributed by atoms with E-state index in [1.807, 2.05) is 104 Å². The lowest BCUT2D eigenvalue weighted by molar-refractivity contribution is -0.137. The second-order valence-electron chi connectivity index (χ2n) is 18.2. The normalized spacial score (nSPS) is 12.6. The Morgan fingerprint density at radius 3 is 1.42 bits per heavy atom. The Hall–Kier alpha value is -9.02. The van der Waals surface area contributed by atoms with Gasteiger partial charge in [-0.1, -0.05) is 146 Å². The molecule has 0 amide bonds. The first-order valence-corrected chi connectivity index (χ1v) is 23.6. The topological polar surface area (TPSA) is 32.8 Å². The average Bonchev–Trinajstić information content (AvgIpc) is 3.99. The molecule has 0 saturated heterocycles. The molecule has 73 heavy (non-hydrogen) atoms. The molecule has 13 aromatic rings. The van der Waals surface area contributed by atoms with E-state index in [1.54, 1.807) is 76.5 Å². The predicted molar refractivity (Wildman–Crippen MR) is 286 cm³/mol. The van der Waals surface area contributed by atoms with E-state index >= 15 is 26.3 Å². The SMILES string of the molecule is C=C/C=C\c1ccc2oc3c(N(c4ccccc4)c4cc(C(F)(F)F)c5ccc6c(N(c7ccccc7)c7cccc8c7oc7ccc9ccccc9c78)cc(C(F)(F)F)c7ccc4c5c67)cccc3c2c1C. The first kappa shape index (κ1) is 44.0. The van der Waals surface area contributed by atoms with Crippen LogP contribution < -0.4 is 9.80 Å². The van der Waals surface area contributed by atoms with E-state index in [9.17, 15) is 0 Å². The van der Waals surface area contributed by atoms with E-state index in [4.69, 9.17) is 8.83 Å². The molecule has 0 aliphatic rings. The van der Waals surface area contributed by atoms with E-state index in [1.165, 1.54) is 24.3 Å². The minimum Gasteiger partial charge on any atom is -0.454 e. The summed E-state index contributed by atoms with van der Waals surface area (Å²) < 4.78 is 109. The van der Waals surface area contributed by atoms with Crippen molar-refractivity contribution in [2.24, 2.45) is 0 Å². The van der Waals surface area contributed by atoms with Crippen molar-refractivity contribution in [3.63, 3.8) is 0 Å². The quantitative estimate of drug-likeness (QED) is 0.0863. The summed E-state index contributed by atoms with van der Waals surface area (Å²) in [6.45, 7) is 5.79. The van der Waals surface area contributed by atoms with E-state index in [0.717, 1.165) is 55.6 Å². The highest BCUT2D eigenvalue weighted by Crippen LogP contribution is 2.55. The van der Waals surface area contributed by atoms with Crippen LogP contribution in [0, 0.1) is 6.92 Å². The van der Waals surface area contributed by atoms with Crippen LogP contribution in [0.25, 0.3) is 93.0 Å². The van der Waals surface area contributed by atoms with Crippen LogP contribution in [-0.2, 0) is 12.4 Å². The highest BCUT2D eigenvalue weighted by molar-refractivity contribution is 6.30. The zero-order valence-corrected chi connectivity index (χ0v) is 38.7. The molecule has 10 heteroatoms. The van der Waals surface area contributed by atoms with Crippen molar-refractivity contribution in [2.45, 2.75) is 19.3 Å². The largest absolute Gasteiger partial charge is 0.454 e. The summed E-state index contributed by atoms with van der Waals surface area (Å²) in [4.78, 5) is 3.44.